The van der Waals surface area contributed by atoms with E-state index >= 15 is 0 Å². The Balaban J connectivity index is 1.46. The van der Waals surface area contributed by atoms with E-state index in [4.69, 9.17) is 5.73 Å². The SMILES string of the molecule is Cc1cccc(-c2cn(C3CC(CN4CCCC4)C3)c3ncnc(N)c23)c1. The minimum Gasteiger partial charge on any atom is -0.383 e. The average molecular weight is 361 g/mol. The molecule has 5 heteroatoms. The molecule has 0 bridgehead atoms. The minimum absolute atomic E-state index is 0.521. The normalized spacial score (nSPS) is 23.0. The Labute approximate surface area is 160 Å². The summed E-state index contributed by atoms with van der Waals surface area (Å²) in [4.78, 5) is 11.5. The zero-order valence-corrected chi connectivity index (χ0v) is 15.9. The molecule has 1 aromatic carbocycles. The van der Waals surface area contributed by atoms with E-state index in [0.717, 1.165) is 22.5 Å². The molecule has 2 N–H and O–H groups in total. The quantitative estimate of drug-likeness (QED) is 0.762. The number of nitrogen functional groups attached to an aromatic ring is 1. The van der Waals surface area contributed by atoms with E-state index < -0.39 is 0 Å². The van der Waals surface area contributed by atoms with Crippen LogP contribution in [0.4, 0.5) is 5.82 Å². The molecule has 0 amide bonds. The van der Waals surface area contributed by atoms with Gasteiger partial charge in [-0.05, 0) is 57.2 Å². The number of rotatable bonds is 4. The number of likely N-dealkylation sites (tertiary alicyclic amines) is 1. The number of anilines is 1. The van der Waals surface area contributed by atoms with Crippen LogP contribution in [0.25, 0.3) is 22.2 Å². The Kier molecular flexibility index (Phi) is 4.12. The van der Waals surface area contributed by atoms with Gasteiger partial charge in [0.2, 0.25) is 0 Å². The maximum absolute atomic E-state index is 6.27. The van der Waals surface area contributed by atoms with Gasteiger partial charge < -0.3 is 15.2 Å². The lowest BCUT2D eigenvalue weighted by Crippen LogP contribution is -2.35. The second-order valence-corrected chi connectivity index (χ2v) is 8.28. The molecule has 140 valence electrons. The maximum atomic E-state index is 6.27. The number of nitrogens with two attached hydrogens (primary N) is 1. The summed E-state index contributed by atoms with van der Waals surface area (Å²) in [5.74, 6) is 1.38. The van der Waals surface area contributed by atoms with Crippen molar-refractivity contribution in [3.8, 4) is 11.1 Å². The van der Waals surface area contributed by atoms with Crippen LogP contribution < -0.4 is 5.73 Å². The Morgan fingerprint density at radius 3 is 2.74 bits per heavy atom. The Hall–Kier alpha value is -2.40. The zero-order chi connectivity index (χ0) is 18.4. The fraction of sp³-hybridized carbons (Fsp3) is 0.455. The molecule has 0 unspecified atom stereocenters. The van der Waals surface area contributed by atoms with Crippen LogP contribution in [0.5, 0.6) is 0 Å². The molecule has 0 atom stereocenters. The number of hydrogen-bond donors (Lipinski definition) is 1. The molecule has 2 aliphatic rings. The highest BCUT2D eigenvalue weighted by Crippen LogP contribution is 2.43. The van der Waals surface area contributed by atoms with Crippen molar-refractivity contribution >= 4 is 16.9 Å². The summed E-state index contributed by atoms with van der Waals surface area (Å²) >= 11 is 0. The van der Waals surface area contributed by atoms with Crippen LogP contribution in [0.3, 0.4) is 0 Å². The summed E-state index contributed by atoms with van der Waals surface area (Å²) in [6, 6.07) is 9.10. The molecular formula is C22H27N5. The summed E-state index contributed by atoms with van der Waals surface area (Å²) in [5, 5.41) is 0.992. The molecule has 0 spiro atoms. The zero-order valence-electron chi connectivity index (χ0n) is 15.9. The van der Waals surface area contributed by atoms with Gasteiger partial charge in [0.05, 0.1) is 5.39 Å². The standard InChI is InChI=1S/C22H27N5/c1-15-5-4-6-17(9-15)19-13-27(22-20(19)21(23)24-14-25-22)18-10-16(11-18)12-26-7-2-3-8-26/h4-6,9,13-14,16,18H,2-3,7-8,10-12H2,1H3,(H2,23,24,25). The highest BCUT2D eigenvalue weighted by molar-refractivity contribution is 6.00. The van der Waals surface area contributed by atoms with Gasteiger partial charge in [-0.3, -0.25) is 0 Å². The van der Waals surface area contributed by atoms with Crippen molar-refractivity contribution in [1.29, 1.82) is 0 Å². The topological polar surface area (TPSA) is 60.0 Å². The van der Waals surface area contributed by atoms with E-state index in [1.54, 1.807) is 6.33 Å². The van der Waals surface area contributed by atoms with Gasteiger partial charge in [0.1, 0.15) is 17.8 Å². The first kappa shape index (κ1) is 16.8. The molecule has 1 aliphatic heterocycles. The molecule has 3 aromatic rings. The average Bonchev–Trinajstić information content (AvgIpc) is 3.26. The largest absolute Gasteiger partial charge is 0.383 e. The van der Waals surface area contributed by atoms with Crippen LogP contribution in [0, 0.1) is 12.8 Å². The van der Waals surface area contributed by atoms with Gasteiger partial charge in [-0.1, -0.05) is 29.8 Å². The highest BCUT2D eigenvalue weighted by Gasteiger charge is 2.33. The Bertz CT molecular complexity index is 964. The van der Waals surface area contributed by atoms with E-state index in [1.165, 1.54) is 56.4 Å². The van der Waals surface area contributed by atoms with E-state index in [9.17, 15) is 0 Å². The smallest absolute Gasteiger partial charge is 0.146 e. The first-order valence-corrected chi connectivity index (χ1v) is 10.1. The lowest BCUT2D eigenvalue weighted by Gasteiger charge is -2.38. The highest BCUT2D eigenvalue weighted by atomic mass is 15.2. The van der Waals surface area contributed by atoms with Gasteiger partial charge in [-0.2, -0.15) is 0 Å². The summed E-state index contributed by atoms with van der Waals surface area (Å²) < 4.78 is 2.35. The molecule has 1 saturated carbocycles. The maximum Gasteiger partial charge on any atom is 0.146 e. The number of nitrogens with zero attached hydrogens (tertiary/aromatic N) is 4. The van der Waals surface area contributed by atoms with Crippen molar-refractivity contribution in [2.45, 2.75) is 38.6 Å². The number of aromatic nitrogens is 3. The summed E-state index contributed by atoms with van der Waals surface area (Å²) in [7, 11) is 0. The van der Waals surface area contributed by atoms with Crippen LogP contribution in [0.2, 0.25) is 0 Å². The van der Waals surface area contributed by atoms with Gasteiger partial charge in [-0.25, -0.2) is 9.97 Å². The predicted octanol–water partition coefficient (Wildman–Crippen LogP) is 4.04. The minimum atomic E-state index is 0.521. The molecule has 1 aliphatic carbocycles. The Morgan fingerprint density at radius 1 is 1.15 bits per heavy atom. The van der Waals surface area contributed by atoms with Crippen molar-refractivity contribution in [3.63, 3.8) is 0 Å². The molecule has 1 saturated heterocycles. The van der Waals surface area contributed by atoms with Crippen LogP contribution in [0.15, 0.2) is 36.8 Å². The molecule has 2 fully saturated rings. The fourth-order valence-corrected chi connectivity index (χ4v) is 4.83. The lowest BCUT2D eigenvalue weighted by molar-refractivity contribution is 0.145. The van der Waals surface area contributed by atoms with Crippen molar-refractivity contribution in [1.82, 2.24) is 19.4 Å². The van der Waals surface area contributed by atoms with E-state index in [1.807, 2.05) is 0 Å². The van der Waals surface area contributed by atoms with E-state index in [0.29, 0.717) is 11.9 Å². The van der Waals surface area contributed by atoms with E-state index in [-0.39, 0.29) is 0 Å². The number of hydrogen-bond acceptors (Lipinski definition) is 4. The van der Waals surface area contributed by atoms with Crippen molar-refractivity contribution < 1.29 is 0 Å². The first-order valence-electron chi connectivity index (χ1n) is 10.1. The molecule has 3 heterocycles. The second-order valence-electron chi connectivity index (χ2n) is 8.28. The van der Waals surface area contributed by atoms with Gasteiger partial charge in [0, 0.05) is 24.3 Å². The molecule has 2 aromatic heterocycles. The third kappa shape index (κ3) is 3.00. The van der Waals surface area contributed by atoms with Crippen molar-refractivity contribution in [2.75, 3.05) is 25.4 Å². The summed E-state index contributed by atoms with van der Waals surface area (Å²) in [6.07, 6.45) is 9.05. The third-order valence-corrected chi connectivity index (χ3v) is 6.29. The van der Waals surface area contributed by atoms with Crippen LogP contribution in [-0.2, 0) is 0 Å². The summed E-state index contributed by atoms with van der Waals surface area (Å²) in [6.45, 7) is 5.96. The number of benzene rings is 1. The number of aryl methyl sites for hydroxylation is 1. The number of fused-ring (bicyclic) bond motifs is 1. The van der Waals surface area contributed by atoms with Gasteiger partial charge in [0.15, 0.2) is 0 Å². The van der Waals surface area contributed by atoms with Crippen molar-refractivity contribution in [2.24, 2.45) is 5.92 Å². The molecule has 0 radical (unpaired) electrons. The molecule has 27 heavy (non-hydrogen) atoms. The van der Waals surface area contributed by atoms with E-state index in [2.05, 4.69) is 56.8 Å². The van der Waals surface area contributed by atoms with Gasteiger partial charge in [0.25, 0.3) is 0 Å². The molecule has 5 rings (SSSR count). The monoisotopic (exact) mass is 361 g/mol. The third-order valence-electron chi connectivity index (χ3n) is 6.29. The second kappa shape index (κ2) is 6.64. The molecular weight excluding hydrogens is 334 g/mol. The molecule has 5 nitrogen and oxygen atoms in total. The fourth-order valence-electron chi connectivity index (χ4n) is 4.83. The van der Waals surface area contributed by atoms with Crippen LogP contribution in [0.1, 0.15) is 37.3 Å². The summed E-state index contributed by atoms with van der Waals surface area (Å²) in [5.41, 5.74) is 10.8. The van der Waals surface area contributed by atoms with Gasteiger partial charge >= 0.3 is 0 Å². The van der Waals surface area contributed by atoms with Crippen molar-refractivity contribution in [3.05, 3.63) is 42.4 Å². The van der Waals surface area contributed by atoms with Gasteiger partial charge in [-0.15, -0.1) is 0 Å². The van der Waals surface area contributed by atoms with Crippen LogP contribution >= 0.6 is 0 Å². The van der Waals surface area contributed by atoms with Crippen LogP contribution in [-0.4, -0.2) is 39.1 Å². The first-order chi connectivity index (χ1) is 13.2. The predicted molar refractivity (Wildman–Crippen MR) is 110 cm³/mol. The lowest BCUT2D eigenvalue weighted by atomic mass is 9.79. The Morgan fingerprint density at radius 2 is 1.96 bits per heavy atom.